The molecule has 2 aromatic rings. The van der Waals surface area contributed by atoms with Crippen molar-refractivity contribution in [2.75, 3.05) is 0 Å². The van der Waals surface area contributed by atoms with E-state index in [0.29, 0.717) is 11.3 Å². The molecule has 0 spiro atoms. The van der Waals surface area contributed by atoms with Crippen molar-refractivity contribution in [3.8, 4) is 0 Å². The fourth-order valence-corrected chi connectivity index (χ4v) is 2.28. The van der Waals surface area contributed by atoms with E-state index in [1.807, 2.05) is 30.3 Å². The molecule has 1 atom stereocenters. The maximum absolute atomic E-state index is 12.4. The van der Waals surface area contributed by atoms with Crippen molar-refractivity contribution in [1.82, 2.24) is 16.2 Å². The van der Waals surface area contributed by atoms with Crippen molar-refractivity contribution in [2.24, 2.45) is 0 Å². The van der Waals surface area contributed by atoms with Gasteiger partial charge in [-0.15, -0.1) is 0 Å². The maximum atomic E-state index is 12.4. The number of furan rings is 1. The van der Waals surface area contributed by atoms with Gasteiger partial charge in [-0.2, -0.15) is 0 Å². The number of amides is 2. The Kier molecular flexibility index (Phi) is 4.43. The Hall–Kier alpha value is -2.60. The van der Waals surface area contributed by atoms with Gasteiger partial charge in [0.25, 0.3) is 5.91 Å². The molecule has 2 amide bonds. The van der Waals surface area contributed by atoms with E-state index in [4.69, 9.17) is 4.42 Å². The van der Waals surface area contributed by atoms with Gasteiger partial charge in [-0.25, -0.2) is 5.43 Å². The molecule has 0 saturated heterocycles. The SMILES string of the molecule is Cc1occc1C(=O)NN[C@H](C(=O)NC1CC1)c1ccccc1. The number of hydrogen-bond acceptors (Lipinski definition) is 4. The molecule has 1 aromatic heterocycles. The standard InChI is InChI=1S/C17H19N3O3/c1-11-14(9-10-23-11)16(21)20-19-15(12-5-3-2-4-6-12)17(22)18-13-7-8-13/h2-6,9-10,13,15,19H,7-8H2,1H3,(H,18,22)(H,20,21)/t15-/m0/s1. The van der Waals surface area contributed by atoms with Crippen molar-refractivity contribution in [3.63, 3.8) is 0 Å². The van der Waals surface area contributed by atoms with E-state index in [1.165, 1.54) is 6.26 Å². The Labute approximate surface area is 134 Å². The first-order valence-electron chi connectivity index (χ1n) is 7.60. The fraction of sp³-hybridized carbons (Fsp3) is 0.294. The zero-order valence-corrected chi connectivity index (χ0v) is 12.8. The van der Waals surface area contributed by atoms with Gasteiger partial charge in [-0.3, -0.25) is 15.0 Å². The van der Waals surface area contributed by atoms with Crippen LogP contribution in [0.2, 0.25) is 0 Å². The molecule has 1 aromatic carbocycles. The Morgan fingerprint density at radius 1 is 1.17 bits per heavy atom. The summed E-state index contributed by atoms with van der Waals surface area (Å²) in [5.41, 5.74) is 6.64. The zero-order valence-electron chi connectivity index (χ0n) is 12.8. The second-order valence-corrected chi connectivity index (χ2v) is 5.62. The van der Waals surface area contributed by atoms with Crippen LogP contribution in [0.4, 0.5) is 0 Å². The lowest BCUT2D eigenvalue weighted by molar-refractivity contribution is -0.123. The number of nitrogens with one attached hydrogen (secondary N) is 3. The van der Waals surface area contributed by atoms with Crippen LogP contribution in [0.1, 0.15) is 40.6 Å². The second kappa shape index (κ2) is 6.66. The number of carbonyl (C=O) groups excluding carboxylic acids is 2. The Morgan fingerprint density at radius 2 is 1.91 bits per heavy atom. The van der Waals surface area contributed by atoms with Gasteiger partial charge in [0.1, 0.15) is 11.8 Å². The third kappa shape index (κ3) is 3.78. The van der Waals surface area contributed by atoms with Gasteiger partial charge in [-0.1, -0.05) is 30.3 Å². The molecule has 1 saturated carbocycles. The predicted octanol–water partition coefficient (Wildman–Crippen LogP) is 1.84. The molecule has 0 aliphatic heterocycles. The van der Waals surface area contributed by atoms with E-state index < -0.39 is 6.04 Å². The molecule has 0 unspecified atom stereocenters. The molecular weight excluding hydrogens is 294 g/mol. The summed E-state index contributed by atoms with van der Waals surface area (Å²) >= 11 is 0. The number of benzene rings is 1. The molecule has 0 radical (unpaired) electrons. The van der Waals surface area contributed by atoms with E-state index in [0.717, 1.165) is 18.4 Å². The van der Waals surface area contributed by atoms with Gasteiger partial charge in [0, 0.05) is 6.04 Å². The van der Waals surface area contributed by atoms with Crippen molar-refractivity contribution >= 4 is 11.8 Å². The quantitative estimate of drug-likeness (QED) is 0.711. The minimum Gasteiger partial charge on any atom is -0.469 e. The first-order chi connectivity index (χ1) is 11.1. The summed E-state index contributed by atoms with van der Waals surface area (Å²) in [7, 11) is 0. The number of hydrazine groups is 1. The zero-order chi connectivity index (χ0) is 16.2. The van der Waals surface area contributed by atoms with Gasteiger partial charge < -0.3 is 9.73 Å². The third-order valence-corrected chi connectivity index (χ3v) is 3.75. The molecule has 120 valence electrons. The molecule has 1 fully saturated rings. The lowest BCUT2D eigenvalue weighted by atomic mass is 10.1. The number of hydrogen-bond donors (Lipinski definition) is 3. The summed E-state index contributed by atoms with van der Waals surface area (Å²) < 4.78 is 5.12. The van der Waals surface area contributed by atoms with E-state index in [1.54, 1.807) is 13.0 Å². The maximum Gasteiger partial charge on any atom is 0.268 e. The molecule has 3 N–H and O–H groups in total. The van der Waals surface area contributed by atoms with Crippen LogP contribution in [-0.2, 0) is 4.79 Å². The molecule has 23 heavy (non-hydrogen) atoms. The van der Waals surface area contributed by atoms with Crippen LogP contribution in [0.25, 0.3) is 0 Å². The largest absolute Gasteiger partial charge is 0.469 e. The number of rotatable bonds is 6. The van der Waals surface area contributed by atoms with Crippen LogP contribution in [0.5, 0.6) is 0 Å². The van der Waals surface area contributed by atoms with Gasteiger partial charge in [-0.05, 0) is 31.4 Å². The highest BCUT2D eigenvalue weighted by atomic mass is 16.3. The number of aryl methyl sites for hydroxylation is 1. The third-order valence-electron chi connectivity index (χ3n) is 3.75. The van der Waals surface area contributed by atoms with Crippen LogP contribution < -0.4 is 16.2 Å². The summed E-state index contributed by atoms with van der Waals surface area (Å²) in [6, 6.07) is 10.5. The second-order valence-electron chi connectivity index (χ2n) is 5.62. The lowest BCUT2D eigenvalue weighted by Crippen LogP contribution is -2.46. The molecule has 6 nitrogen and oxygen atoms in total. The van der Waals surface area contributed by atoms with Crippen LogP contribution in [0, 0.1) is 6.92 Å². The highest BCUT2D eigenvalue weighted by molar-refractivity contribution is 5.95. The Morgan fingerprint density at radius 3 is 2.52 bits per heavy atom. The van der Waals surface area contributed by atoms with Crippen LogP contribution in [-0.4, -0.2) is 17.9 Å². The van der Waals surface area contributed by atoms with Crippen LogP contribution in [0.3, 0.4) is 0 Å². The summed E-state index contributed by atoms with van der Waals surface area (Å²) in [5, 5.41) is 2.95. The summed E-state index contributed by atoms with van der Waals surface area (Å²) in [5.74, 6) is 0.0438. The smallest absolute Gasteiger partial charge is 0.268 e. The van der Waals surface area contributed by atoms with Gasteiger partial charge in [0.05, 0.1) is 11.8 Å². The molecule has 0 bridgehead atoms. The average molecular weight is 313 g/mol. The molecular formula is C17H19N3O3. The van der Waals surface area contributed by atoms with Crippen molar-refractivity contribution in [1.29, 1.82) is 0 Å². The first kappa shape index (κ1) is 15.3. The minimum atomic E-state index is -0.645. The van der Waals surface area contributed by atoms with E-state index >= 15 is 0 Å². The van der Waals surface area contributed by atoms with E-state index in [9.17, 15) is 9.59 Å². The minimum absolute atomic E-state index is 0.150. The Bertz CT molecular complexity index is 692. The summed E-state index contributed by atoms with van der Waals surface area (Å²) in [6.07, 6.45) is 3.47. The van der Waals surface area contributed by atoms with Gasteiger partial charge >= 0.3 is 0 Å². The molecule has 3 rings (SSSR count). The van der Waals surface area contributed by atoms with E-state index in [2.05, 4.69) is 16.2 Å². The molecule has 1 heterocycles. The number of carbonyl (C=O) groups is 2. The van der Waals surface area contributed by atoms with Crippen molar-refractivity contribution < 1.29 is 14.0 Å². The lowest BCUT2D eigenvalue weighted by Gasteiger charge is -2.19. The molecule has 1 aliphatic rings. The molecule has 1 aliphatic carbocycles. The van der Waals surface area contributed by atoms with E-state index in [-0.39, 0.29) is 17.9 Å². The Balaban J connectivity index is 1.69. The topological polar surface area (TPSA) is 83.4 Å². The predicted molar refractivity (Wildman–Crippen MR) is 84.4 cm³/mol. The van der Waals surface area contributed by atoms with Gasteiger partial charge in [0.15, 0.2) is 0 Å². The van der Waals surface area contributed by atoms with Gasteiger partial charge in [0.2, 0.25) is 5.91 Å². The molecule has 6 heteroatoms. The highest BCUT2D eigenvalue weighted by Gasteiger charge is 2.28. The monoisotopic (exact) mass is 313 g/mol. The average Bonchev–Trinajstić information content (AvgIpc) is 3.26. The van der Waals surface area contributed by atoms with Crippen LogP contribution in [0.15, 0.2) is 47.1 Å². The fourth-order valence-electron chi connectivity index (χ4n) is 2.28. The first-order valence-corrected chi connectivity index (χ1v) is 7.60. The highest BCUT2D eigenvalue weighted by Crippen LogP contribution is 2.21. The van der Waals surface area contributed by atoms with Crippen molar-refractivity contribution in [2.45, 2.75) is 31.8 Å². The summed E-state index contributed by atoms with van der Waals surface area (Å²) in [4.78, 5) is 24.6. The van der Waals surface area contributed by atoms with Crippen LogP contribution >= 0.6 is 0 Å². The van der Waals surface area contributed by atoms with Crippen molar-refractivity contribution in [3.05, 3.63) is 59.5 Å². The normalized spacial score (nSPS) is 15.0. The summed E-state index contributed by atoms with van der Waals surface area (Å²) in [6.45, 7) is 1.71.